The quantitative estimate of drug-likeness (QED) is 0.615. The Morgan fingerprint density at radius 3 is 2.25 bits per heavy atom. The van der Waals surface area contributed by atoms with E-state index in [9.17, 15) is 14.7 Å². The van der Waals surface area contributed by atoms with Crippen molar-refractivity contribution in [2.45, 2.75) is 0 Å². The number of phenols is 1. The lowest BCUT2D eigenvalue weighted by atomic mass is 10.0. The second-order valence-corrected chi connectivity index (χ2v) is 6.06. The minimum Gasteiger partial charge on any atom is -0.504 e. The van der Waals surface area contributed by atoms with Gasteiger partial charge < -0.3 is 20.5 Å². The van der Waals surface area contributed by atoms with Crippen LogP contribution in [0.5, 0.6) is 11.5 Å². The van der Waals surface area contributed by atoms with E-state index in [0.717, 1.165) is 11.1 Å². The number of anilines is 1. The van der Waals surface area contributed by atoms with Crippen molar-refractivity contribution in [1.82, 2.24) is 5.32 Å². The van der Waals surface area contributed by atoms with Crippen LogP contribution in [-0.2, 0) is 4.79 Å². The monoisotopic (exact) mass is 376 g/mol. The number of amides is 2. The van der Waals surface area contributed by atoms with Crippen LogP contribution in [0.25, 0.3) is 11.1 Å². The number of rotatable bonds is 6. The number of phenolic OH excluding ortho intramolecular Hbond substituents is 1. The topological polar surface area (TPSA) is 87.7 Å². The Hall–Kier alpha value is -3.80. The van der Waals surface area contributed by atoms with Crippen molar-refractivity contribution in [3.8, 4) is 22.6 Å². The lowest BCUT2D eigenvalue weighted by Crippen LogP contribution is -2.32. The summed E-state index contributed by atoms with van der Waals surface area (Å²) in [5, 5.41) is 14.9. The largest absolute Gasteiger partial charge is 0.504 e. The third-order valence-corrected chi connectivity index (χ3v) is 4.13. The Kier molecular flexibility index (Phi) is 5.91. The summed E-state index contributed by atoms with van der Waals surface area (Å²) in [6, 6.07) is 21.5. The first-order valence-electron chi connectivity index (χ1n) is 8.67. The van der Waals surface area contributed by atoms with E-state index in [0.29, 0.717) is 17.0 Å². The van der Waals surface area contributed by atoms with Gasteiger partial charge in [-0.2, -0.15) is 0 Å². The van der Waals surface area contributed by atoms with Crippen molar-refractivity contribution < 1.29 is 19.4 Å². The first-order valence-corrected chi connectivity index (χ1v) is 8.67. The molecule has 0 radical (unpaired) electrons. The molecular weight excluding hydrogens is 356 g/mol. The molecule has 3 aromatic carbocycles. The summed E-state index contributed by atoms with van der Waals surface area (Å²) < 4.78 is 4.95. The number of methoxy groups -OCH3 is 1. The molecule has 0 atom stereocenters. The van der Waals surface area contributed by atoms with Crippen LogP contribution in [0.1, 0.15) is 10.4 Å². The van der Waals surface area contributed by atoms with E-state index in [4.69, 9.17) is 4.74 Å². The molecule has 0 fully saturated rings. The molecule has 3 rings (SSSR count). The zero-order chi connectivity index (χ0) is 19.9. The molecule has 0 spiro atoms. The summed E-state index contributed by atoms with van der Waals surface area (Å²) in [6.45, 7) is -0.188. The number of hydrogen-bond acceptors (Lipinski definition) is 4. The van der Waals surface area contributed by atoms with Crippen molar-refractivity contribution in [1.29, 1.82) is 0 Å². The van der Waals surface area contributed by atoms with Gasteiger partial charge in [-0.05, 0) is 35.4 Å². The SMILES string of the molecule is COc1ccc(NC(=O)CNC(=O)c2ccc(-c3ccccc3)cc2)cc1O. The second-order valence-electron chi connectivity index (χ2n) is 6.06. The van der Waals surface area contributed by atoms with Gasteiger partial charge in [0.15, 0.2) is 11.5 Å². The molecule has 28 heavy (non-hydrogen) atoms. The maximum atomic E-state index is 12.2. The number of ether oxygens (including phenoxy) is 1. The van der Waals surface area contributed by atoms with E-state index in [-0.39, 0.29) is 18.2 Å². The lowest BCUT2D eigenvalue weighted by Gasteiger charge is -2.09. The third kappa shape index (κ3) is 4.67. The summed E-state index contributed by atoms with van der Waals surface area (Å²) in [5.74, 6) is -0.515. The van der Waals surface area contributed by atoms with Crippen LogP contribution in [0.4, 0.5) is 5.69 Å². The molecule has 0 saturated heterocycles. The predicted molar refractivity (Wildman–Crippen MR) is 107 cm³/mol. The van der Waals surface area contributed by atoms with Crippen molar-refractivity contribution in [2.24, 2.45) is 0 Å². The summed E-state index contributed by atoms with van der Waals surface area (Å²) in [4.78, 5) is 24.3. The molecule has 0 heterocycles. The Morgan fingerprint density at radius 1 is 0.929 bits per heavy atom. The van der Waals surface area contributed by atoms with Crippen LogP contribution in [0.15, 0.2) is 72.8 Å². The van der Waals surface area contributed by atoms with Gasteiger partial charge in [-0.15, -0.1) is 0 Å². The first-order chi connectivity index (χ1) is 13.6. The van der Waals surface area contributed by atoms with Crippen molar-refractivity contribution in [2.75, 3.05) is 19.0 Å². The Bertz CT molecular complexity index is 970. The number of carbonyl (C=O) groups is 2. The standard InChI is InChI=1S/C22H20N2O4/c1-28-20-12-11-18(13-19(20)25)24-21(26)14-23-22(27)17-9-7-16(8-10-17)15-5-3-2-4-6-15/h2-13,25H,14H2,1H3,(H,23,27)(H,24,26). The van der Waals surface area contributed by atoms with Crippen LogP contribution >= 0.6 is 0 Å². The highest BCUT2D eigenvalue weighted by molar-refractivity contribution is 5.99. The zero-order valence-electron chi connectivity index (χ0n) is 15.3. The molecule has 0 aromatic heterocycles. The fourth-order valence-electron chi connectivity index (χ4n) is 2.68. The maximum Gasteiger partial charge on any atom is 0.251 e. The van der Waals surface area contributed by atoms with E-state index >= 15 is 0 Å². The van der Waals surface area contributed by atoms with Gasteiger partial charge in [0.1, 0.15) is 0 Å². The average Bonchev–Trinajstić information content (AvgIpc) is 2.73. The van der Waals surface area contributed by atoms with Gasteiger partial charge in [0.25, 0.3) is 5.91 Å². The fraction of sp³-hybridized carbons (Fsp3) is 0.0909. The van der Waals surface area contributed by atoms with Crippen molar-refractivity contribution in [3.63, 3.8) is 0 Å². The second kappa shape index (κ2) is 8.73. The Morgan fingerprint density at radius 2 is 1.61 bits per heavy atom. The fourth-order valence-corrected chi connectivity index (χ4v) is 2.68. The van der Waals surface area contributed by atoms with Crippen molar-refractivity contribution >= 4 is 17.5 Å². The smallest absolute Gasteiger partial charge is 0.251 e. The molecule has 0 saturated carbocycles. The molecule has 2 amide bonds. The molecule has 0 bridgehead atoms. The van der Waals surface area contributed by atoms with E-state index < -0.39 is 5.91 Å². The summed E-state index contributed by atoms with van der Waals surface area (Å²) >= 11 is 0. The van der Waals surface area contributed by atoms with Crippen molar-refractivity contribution in [3.05, 3.63) is 78.4 Å². The number of benzene rings is 3. The molecule has 6 nitrogen and oxygen atoms in total. The summed E-state index contributed by atoms with van der Waals surface area (Å²) in [5.41, 5.74) is 2.95. The molecule has 0 aliphatic rings. The number of nitrogens with one attached hydrogen (secondary N) is 2. The molecule has 142 valence electrons. The molecule has 3 aromatic rings. The van der Waals surface area contributed by atoms with Crippen LogP contribution in [0.3, 0.4) is 0 Å². The summed E-state index contributed by atoms with van der Waals surface area (Å²) in [6.07, 6.45) is 0. The van der Waals surface area contributed by atoms with E-state index in [1.165, 1.54) is 19.2 Å². The average molecular weight is 376 g/mol. The maximum absolute atomic E-state index is 12.2. The van der Waals surface area contributed by atoms with Crippen LogP contribution in [0, 0.1) is 0 Å². The molecular formula is C22H20N2O4. The molecule has 3 N–H and O–H groups in total. The number of aromatic hydroxyl groups is 1. The number of hydrogen-bond donors (Lipinski definition) is 3. The minimum absolute atomic E-state index is 0.0807. The summed E-state index contributed by atoms with van der Waals surface area (Å²) in [7, 11) is 1.44. The van der Waals surface area contributed by atoms with E-state index in [1.807, 2.05) is 42.5 Å². The van der Waals surface area contributed by atoms with Gasteiger partial charge in [-0.25, -0.2) is 0 Å². The molecule has 0 aliphatic carbocycles. The van der Waals surface area contributed by atoms with Gasteiger partial charge in [0, 0.05) is 17.3 Å². The van der Waals surface area contributed by atoms with Gasteiger partial charge in [-0.3, -0.25) is 9.59 Å². The zero-order valence-corrected chi connectivity index (χ0v) is 15.3. The highest BCUT2D eigenvalue weighted by Crippen LogP contribution is 2.28. The highest BCUT2D eigenvalue weighted by atomic mass is 16.5. The Labute approximate surface area is 162 Å². The van der Waals surface area contributed by atoms with Crippen LogP contribution in [-0.4, -0.2) is 30.6 Å². The molecule has 6 heteroatoms. The Balaban J connectivity index is 1.55. The lowest BCUT2D eigenvalue weighted by molar-refractivity contribution is -0.115. The molecule has 0 unspecified atom stereocenters. The predicted octanol–water partition coefficient (Wildman–Crippen LogP) is 3.44. The van der Waals surface area contributed by atoms with Gasteiger partial charge >= 0.3 is 0 Å². The van der Waals surface area contributed by atoms with Gasteiger partial charge in [0.05, 0.1) is 13.7 Å². The van der Waals surface area contributed by atoms with Crippen LogP contribution in [0.2, 0.25) is 0 Å². The van der Waals surface area contributed by atoms with E-state index in [2.05, 4.69) is 10.6 Å². The van der Waals surface area contributed by atoms with Gasteiger partial charge in [0.2, 0.25) is 5.91 Å². The molecule has 0 aliphatic heterocycles. The van der Waals surface area contributed by atoms with Crippen LogP contribution < -0.4 is 15.4 Å². The number of carbonyl (C=O) groups excluding carboxylic acids is 2. The first kappa shape index (κ1) is 19.0. The normalized spacial score (nSPS) is 10.2. The van der Waals surface area contributed by atoms with Gasteiger partial charge in [-0.1, -0.05) is 42.5 Å². The van der Waals surface area contributed by atoms with E-state index in [1.54, 1.807) is 18.2 Å². The highest BCUT2D eigenvalue weighted by Gasteiger charge is 2.10. The third-order valence-electron chi connectivity index (χ3n) is 4.13. The minimum atomic E-state index is -0.404.